The van der Waals surface area contributed by atoms with Crippen molar-refractivity contribution in [1.82, 2.24) is 0 Å². The zero-order chi connectivity index (χ0) is 18.4. The van der Waals surface area contributed by atoms with Gasteiger partial charge in [-0.15, -0.1) is 0 Å². The van der Waals surface area contributed by atoms with Crippen molar-refractivity contribution in [3.05, 3.63) is 57.0 Å². The Morgan fingerprint density at radius 3 is 2.28 bits per heavy atom. The molecule has 1 amide bonds. The molecule has 0 aromatic heterocycles. The van der Waals surface area contributed by atoms with Crippen molar-refractivity contribution in [2.75, 3.05) is 11.9 Å². The lowest BCUT2D eigenvalue weighted by molar-refractivity contribution is -0.116. The molecule has 1 N–H and O–H groups in total. The van der Waals surface area contributed by atoms with Crippen LogP contribution in [0.3, 0.4) is 0 Å². The van der Waals surface area contributed by atoms with Crippen LogP contribution in [0.15, 0.2) is 36.4 Å². The predicted octanol–water partition coefficient (Wildman–Crippen LogP) is 5.65. The second kappa shape index (κ2) is 9.09. The van der Waals surface area contributed by atoms with Crippen molar-refractivity contribution in [2.24, 2.45) is 0 Å². The molecule has 4 nitrogen and oxygen atoms in total. The number of rotatable bonds is 7. The normalized spacial score (nSPS) is 10.4. The number of halogens is 3. The van der Waals surface area contributed by atoms with Crippen molar-refractivity contribution >= 4 is 52.2 Å². The quantitative estimate of drug-likeness (QED) is 0.483. The number of carbonyl (C=O) groups excluding carboxylic acids is 2. The molecule has 2 aromatic rings. The van der Waals surface area contributed by atoms with Crippen molar-refractivity contribution < 1.29 is 14.3 Å². The van der Waals surface area contributed by atoms with Gasteiger partial charge in [-0.25, -0.2) is 0 Å². The standard InChI is InChI=1S/C18H16Cl3NO3/c1-2-3-18(24)22-12-6-4-11(5-7-12)16(23)10-25-17-9-14(20)13(19)8-15(17)21/h4-9H,2-3,10H2,1H3,(H,22,24). The summed E-state index contributed by atoms with van der Waals surface area (Å²) in [6.07, 6.45) is 1.23. The summed E-state index contributed by atoms with van der Waals surface area (Å²) in [4.78, 5) is 23.7. The van der Waals surface area contributed by atoms with E-state index in [-0.39, 0.29) is 29.1 Å². The van der Waals surface area contributed by atoms with Crippen molar-refractivity contribution in [3.63, 3.8) is 0 Å². The number of amides is 1. The molecule has 2 rings (SSSR count). The minimum Gasteiger partial charge on any atom is -0.484 e. The lowest BCUT2D eigenvalue weighted by atomic mass is 10.1. The minimum absolute atomic E-state index is 0.0563. The Labute approximate surface area is 161 Å². The summed E-state index contributed by atoms with van der Waals surface area (Å²) in [5, 5.41) is 3.64. The third-order valence-corrected chi connectivity index (χ3v) is 4.32. The maximum Gasteiger partial charge on any atom is 0.224 e. The summed E-state index contributed by atoms with van der Waals surface area (Å²) in [6.45, 7) is 1.74. The number of hydrogen-bond donors (Lipinski definition) is 1. The van der Waals surface area contributed by atoms with Gasteiger partial charge in [0, 0.05) is 23.7 Å². The van der Waals surface area contributed by atoms with E-state index in [1.165, 1.54) is 12.1 Å². The van der Waals surface area contributed by atoms with Crippen LogP contribution in [0.2, 0.25) is 15.1 Å². The van der Waals surface area contributed by atoms with Crippen LogP contribution in [0, 0.1) is 0 Å². The van der Waals surface area contributed by atoms with Gasteiger partial charge >= 0.3 is 0 Å². The molecule has 0 heterocycles. The molecule has 0 atom stereocenters. The lowest BCUT2D eigenvalue weighted by Crippen LogP contribution is -2.13. The van der Waals surface area contributed by atoms with E-state index in [4.69, 9.17) is 39.5 Å². The molecule has 132 valence electrons. The molecule has 7 heteroatoms. The summed E-state index contributed by atoms with van der Waals surface area (Å²) in [5.74, 6) is 0.000563. The molecule has 0 bridgehead atoms. The van der Waals surface area contributed by atoms with E-state index in [0.29, 0.717) is 27.7 Å². The Bertz CT molecular complexity index is 776. The van der Waals surface area contributed by atoms with Crippen LogP contribution in [-0.4, -0.2) is 18.3 Å². The van der Waals surface area contributed by atoms with Crippen LogP contribution in [0.1, 0.15) is 30.1 Å². The van der Waals surface area contributed by atoms with Gasteiger partial charge < -0.3 is 10.1 Å². The highest BCUT2D eigenvalue weighted by molar-refractivity contribution is 6.43. The van der Waals surface area contributed by atoms with Crippen LogP contribution < -0.4 is 10.1 Å². The maximum atomic E-state index is 12.2. The molecular formula is C18H16Cl3NO3. The van der Waals surface area contributed by atoms with E-state index >= 15 is 0 Å². The topological polar surface area (TPSA) is 55.4 Å². The van der Waals surface area contributed by atoms with E-state index < -0.39 is 0 Å². The fourth-order valence-electron chi connectivity index (χ4n) is 2.03. The Morgan fingerprint density at radius 2 is 1.64 bits per heavy atom. The predicted molar refractivity (Wildman–Crippen MR) is 101 cm³/mol. The molecule has 0 radical (unpaired) electrons. The van der Waals surface area contributed by atoms with Crippen LogP contribution in [0.4, 0.5) is 5.69 Å². The number of carbonyl (C=O) groups is 2. The fraction of sp³-hybridized carbons (Fsp3) is 0.222. The summed E-state index contributed by atoms with van der Waals surface area (Å²) in [5.41, 5.74) is 1.10. The van der Waals surface area contributed by atoms with E-state index in [2.05, 4.69) is 5.32 Å². The highest BCUT2D eigenvalue weighted by Crippen LogP contribution is 2.33. The minimum atomic E-state index is -0.228. The van der Waals surface area contributed by atoms with E-state index in [1.54, 1.807) is 24.3 Å². The summed E-state index contributed by atoms with van der Waals surface area (Å²) >= 11 is 17.8. The van der Waals surface area contributed by atoms with Gasteiger partial charge in [-0.05, 0) is 36.8 Å². The van der Waals surface area contributed by atoms with Gasteiger partial charge in [-0.1, -0.05) is 41.7 Å². The largest absolute Gasteiger partial charge is 0.484 e. The van der Waals surface area contributed by atoms with Gasteiger partial charge in [0.05, 0.1) is 15.1 Å². The summed E-state index contributed by atoms with van der Waals surface area (Å²) < 4.78 is 5.42. The van der Waals surface area contributed by atoms with E-state index in [9.17, 15) is 9.59 Å². The molecule has 0 fully saturated rings. The van der Waals surface area contributed by atoms with Gasteiger partial charge in [-0.2, -0.15) is 0 Å². The monoisotopic (exact) mass is 399 g/mol. The number of hydrogen-bond acceptors (Lipinski definition) is 3. The third kappa shape index (κ3) is 5.63. The second-order valence-corrected chi connectivity index (χ2v) is 6.51. The van der Waals surface area contributed by atoms with Crippen molar-refractivity contribution in [1.29, 1.82) is 0 Å². The fourth-order valence-corrected chi connectivity index (χ4v) is 2.62. The van der Waals surface area contributed by atoms with Crippen LogP contribution in [-0.2, 0) is 4.79 Å². The van der Waals surface area contributed by atoms with Gasteiger partial charge in [0.2, 0.25) is 5.91 Å². The molecule has 0 aliphatic carbocycles. The molecular weight excluding hydrogens is 385 g/mol. The molecule has 0 aliphatic heterocycles. The molecule has 0 aliphatic rings. The maximum absolute atomic E-state index is 12.2. The molecule has 25 heavy (non-hydrogen) atoms. The van der Waals surface area contributed by atoms with Gasteiger partial charge in [0.1, 0.15) is 5.75 Å². The van der Waals surface area contributed by atoms with Gasteiger partial charge in [0.25, 0.3) is 0 Å². The molecule has 0 spiro atoms. The average Bonchev–Trinajstić information content (AvgIpc) is 2.57. The Kier molecular flexibility index (Phi) is 7.12. The van der Waals surface area contributed by atoms with Gasteiger partial charge in [0.15, 0.2) is 12.4 Å². The zero-order valence-electron chi connectivity index (χ0n) is 13.4. The number of Topliss-reactive ketones (excluding diaryl/α,β-unsaturated/α-hetero) is 1. The zero-order valence-corrected chi connectivity index (χ0v) is 15.7. The first-order valence-electron chi connectivity index (χ1n) is 7.61. The molecule has 0 unspecified atom stereocenters. The number of nitrogens with one attached hydrogen (secondary N) is 1. The number of anilines is 1. The van der Waals surface area contributed by atoms with Crippen LogP contribution >= 0.6 is 34.8 Å². The average molecular weight is 401 g/mol. The van der Waals surface area contributed by atoms with Crippen molar-refractivity contribution in [2.45, 2.75) is 19.8 Å². The highest BCUT2D eigenvalue weighted by Gasteiger charge is 2.11. The first-order chi connectivity index (χ1) is 11.9. The molecule has 0 saturated carbocycles. The smallest absolute Gasteiger partial charge is 0.224 e. The SMILES string of the molecule is CCCC(=O)Nc1ccc(C(=O)COc2cc(Cl)c(Cl)cc2Cl)cc1. The second-order valence-electron chi connectivity index (χ2n) is 5.28. The summed E-state index contributed by atoms with van der Waals surface area (Å²) in [7, 11) is 0. The Hall–Kier alpha value is -1.75. The number of ether oxygens (including phenoxy) is 1. The Balaban J connectivity index is 1.97. The highest BCUT2D eigenvalue weighted by atomic mass is 35.5. The van der Waals surface area contributed by atoms with Crippen LogP contribution in [0.5, 0.6) is 5.75 Å². The number of benzene rings is 2. The molecule has 0 saturated heterocycles. The Morgan fingerprint density at radius 1 is 1.00 bits per heavy atom. The third-order valence-electron chi connectivity index (χ3n) is 3.30. The van der Waals surface area contributed by atoms with Gasteiger partial charge in [-0.3, -0.25) is 9.59 Å². The van der Waals surface area contributed by atoms with Crippen molar-refractivity contribution in [3.8, 4) is 5.75 Å². The summed E-state index contributed by atoms with van der Waals surface area (Å²) in [6, 6.07) is 9.53. The first kappa shape index (κ1) is 19.6. The van der Waals surface area contributed by atoms with Crippen LogP contribution in [0.25, 0.3) is 0 Å². The lowest BCUT2D eigenvalue weighted by Gasteiger charge is -2.09. The molecule has 2 aromatic carbocycles. The first-order valence-corrected chi connectivity index (χ1v) is 8.74. The van der Waals surface area contributed by atoms with E-state index in [1.807, 2.05) is 6.92 Å². The number of ketones is 1. The van der Waals surface area contributed by atoms with E-state index in [0.717, 1.165) is 6.42 Å².